The van der Waals surface area contributed by atoms with Gasteiger partial charge >= 0.3 is 0 Å². The summed E-state index contributed by atoms with van der Waals surface area (Å²) in [5, 5.41) is 0. The van der Waals surface area contributed by atoms with E-state index < -0.39 is 5.82 Å². The highest BCUT2D eigenvalue weighted by Crippen LogP contribution is 2.20. The number of halogens is 1. The summed E-state index contributed by atoms with van der Waals surface area (Å²) in [6, 6.07) is 4.17. The van der Waals surface area contributed by atoms with Crippen LogP contribution >= 0.6 is 0 Å². The summed E-state index contributed by atoms with van der Waals surface area (Å²) in [5.41, 5.74) is 6.35. The fourth-order valence-electron chi connectivity index (χ4n) is 1.10. The molecule has 2 N–H and O–H groups in total. The maximum Gasteiger partial charge on any atom is 0.226 e. The van der Waals surface area contributed by atoms with Crippen molar-refractivity contribution in [3.63, 3.8) is 0 Å². The summed E-state index contributed by atoms with van der Waals surface area (Å²) >= 11 is 0. The lowest BCUT2D eigenvalue weighted by molar-refractivity contribution is 0.572. The quantitative estimate of drug-likeness (QED) is 0.680. The molecule has 2 aromatic rings. The number of anilines is 1. The van der Waals surface area contributed by atoms with Gasteiger partial charge in [0.1, 0.15) is 12.1 Å². The molecule has 0 saturated heterocycles. The zero-order valence-electron chi connectivity index (χ0n) is 6.70. The number of nitrogens with zero attached hydrogens (tertiary/aromatic N) is 1. The SMILES string of the molecule is Nc1cc(F)cc(-c2ncco2)c1. The number of hydrogen-bond donors (Lipinski definition) is 1. The van der Waals surface area contributed by atoms with Crippen molar-refractivity contribution < 1.29 is 8.81 Å². The number of hydrogen-bond acceptors (Lipinski definition) is 3. The zero-order valence-corrected chi connectivity index (χ0v) is 6.70. The lowest BCUT2D eigenvalue weighted by Gasteiger charge is -1.97. The van der Waals surface area contributed by atoms with E-state index in [2.05, 4.69) is 4.98 Å². The number of rotatable bonds is 1. The maximum absolute atomic E-state index is 12.9. The first-order valence-electron chi connectivity index (χ1n) is 3.71. The number of nitrogens with two attached hydrogens (primary N) is 1. The van der Waals surface area contributed by atoms with Gasteiger partial charge in [-0.25, -0.2) is 9.37 Å². The van der Waals surface area contributed by atoms with Crippen LogP contribution in [0.1, 0.15) is 0 Å². The minimum atomic E-state index is -0.395. The van der Waals surface area contributed by atoms with Crippen LogP contribution in [0.25, 0.3) is 11.5 Å². The molecule has 4 heteroatoms. The highest BCUT2D eigenvalue weighted by Gasteiger charge is 2.04. The topological polar surface area (TPSA) is 52.0 Å². The van der Waals surface area contributed by atoms with E-state index in [4.69, 9.17) is 10.2 Å². The third kappa shape index (κ3) is 1.51. The van der Waals surface area contributed by atoms with E-state index in [0.29, 0.717) is 17.1 Å². The number of benzene rings is 1. The predicted molar refractivity (Wildman–Crippen MR) is 46.3 cm³/mol. The molecule has 13 heavy (non-hydrogen) atoms. The molecule has 0 amide bonds. The van der Waals surface area contributed by atoms with Crippen LogP contribution in [0.15, 0.2) is 35.1 Å². The molecule has 0 aliphatic carbocycles. The first kappa shape index (κ1) is 7.79. The van der Waals surface area contributed by atoms with Crippen molar-refractivity contribution in [2.24, 2.45) is 0 Å². The largest absolute Gasteiger partial charge is 0.445 e. The summed E-state index contributed by atoms with van der Waals surface area (Å²) in [6.07, 6.45) is 2.92. The summed E-state index contributed by atoms with van der Waals surface area (Å²) < 4.78 is 17.9. The minimum absolute atomic E-state index is 0.355. The molecular weight excluding hydrogens is 171 g/mol. The molecule has 1 heterocycles. The Morgan fingerprint density at radius 1 is 1.31 bits per heavy atom. The molecule has 0 bridgehead atoms. The predicted octanol–water partition coefficient (Wildman–Crippen LogP) is 2.06. The summed E-state index contributed by atoms with van der Waals surface area (Å²) in [4.78, 5) is 3.88. The monoisotopic (exact) mass is 178 g/mol. The Balaban J connectivity index is 2.53. The molecule has 1 aromatic carbocycles. The van der Waals surface area contributed by atoms with Crippen LogP contribution < -0.4 is 5.73 Å². The molecular formula is C9H7FN2O. The van der Waals surface area contributed by atoms with Crippen molar-refractivity contribution in [3.05, 3.63) is 36.5 Å². The van der Waals surface area contributed by atoms with Gasteiger partial charge in [-0.15, -0.1) is 0 Å². The van der Waals surface area contributed by atoms with Crippen molar-refractivity contribution in [1.29, 1.82) is 0 Å². The van der Waals surface area contributed by atoms with Crippen LogP contribution in [0.2, 0.25) is 0 Å². The smallest absolute Gasteiger partial charge is 0.226 e. The van der Waals surface area contributed by atoms with Crippen molar-refractivity contribution in [3.8, 4) is 11.5 Å². The van der Waals surface area contributed by atoms with Gasteiger partial charge in [0.2, 0.25) is 5.89 Å². The van der Waals surface area contributed by atoms with E-state index in [1.165, 1.54) is 24.6 Å². The van der Waals surface area contributed by atoms with Crippen LogP contribution in [-0.4, -0.2) is 4.98 Å². The Hall–Kier alpha value is -1.84. The molecule has 0 aliphatic heterocycles. The van der Waals surface area contributed by atoms with Gasteiger partial charge < -0.3 is 10.2 Å². The highest BCUT2D eigenvalue weighted by atomic mass is 19.1. The molecule has 2 rings (SSSR count). The molecule has 3 nitrogen and oxygen atoms in total. The van der Waals surface area contributed by atoms with Gasteiger partial charge in [-0.2, -0.15) is 0 Å². The van der Waals surface area contributed by atoms with Gasteiger partial charge in [0.25, 0.3) is 0 Å². The molecule has 0 spiro atoms. The van der Waals surface area contributed by atoms with Crippen molar-refractivity contribution in [2.75, 3.05) is 5.73 Å². The van der Waals surface area contributed by atoms with E-state index in [0.717, 1.165) is 0 Å². The minimum Gasteiger partial charge on any atom is -0.445 e. The lowest BCUT2D eigenvalue weighted by Crippen LogP contribution is -1.88. The van der Waals surface area contributed by atoms with Crippen molar-refractivity contribution in [2.45, 2.75) is 0 Å². The molecule has 1 aromatic heterocycles. The van der Waals surface area contributed by atoms with Gasteiger partial charge in [0, 0.05) is 11.3 Å². The second-order valence-electron chi connectivity index (χ2n) is 2.61. The number of oxazole rings is 1. The third-order valence-corrected chi connectivity index (χ3v) is 1.60. The third-order valence-electron chi connectivity index (χ3n) is 1.60. The van der Waals surface area contributed by atoms with Gasteiger partial charge in [-0.05, 0) is 18.2 Å². The van der Waals surface area contributed by atoms with Crippen LogP contribution in [0.4, 0.5) is 10.1 Å². The average molecular weight is 178 g/mol. The van der Waals surface area contributed by atoms with E-state index >= 15 is 0 Å². The molecule has 0 aliphatic rings. The molecule has 66 valence electrons. The molecule has 0 saturated carbocycles. The molecule has 0 unspecified atom stereocenters. The number of nitrogen functional groups attached to an aromatic ring is 1. The second-order valence-corrected chi connectivity index (χ2v) is 2.61. The summed E-state index contributed by atoms with van der Waals surface area (Å²) in [5.74, 6) is -0.0283. The zero-order chi connectivity index (χ0) is 9.26. The Bertz CT molecular complexity index is 391. The fourth-order valence-corrected chi connectivity index (χ4v) is 1.10. The van der Waals surface area contributed by atoms with Gasteiger partial charge in [0.15, 0.2) is 0 Å². The highest BCUT2D eigenvalue weighted by molar-refractivity contribution is 5.59. The van der Waals surface area contributed by atoms with Crippen LogP contribution in [0, 0.1) is 5.82 Å². The van der Waals surface area contributed by atoms with Crippen LogP contribution in [0.5, 0.6) is 0 Å². The average Bonchev–Trinajstić information content (AvgIpc) is 2.53. The van der Waals surface area contributed by atoms with Crippen LogP contribution in [-0.2, 0) is 0 Å². The molecule has 0 atom stereocenters. The Labute approximate surface area is 74.0 Å². The normalized spacial score (nSPS) is 10.2. The standard InChI is InChI=1S/C9H7FN2O/c10-7-3-6(4-8(11)5-7)9-12-1-2-13-9/h1-5H,11H2. The van der Waals surface area contributed by atoms with Crippen LogP contribution in [0.3, 0.4) is 0 Å². The van der Waals surface area contributed by atoms with E-state index in [1.807, 2.05) is 0 Å². The lowest BCUT2D eigenvalue weighted by atomic mass is 10.2. The van der Waals surface area contributed by atoms with Crippen molar-refractivity contribution in [1.82, 2.24) is 4.98 Å². The first-order valence-corrected chi connectivity index (χ1v) is 3.71. The first-order chi connectivity index (χ1) is 6.25. The number of aromatic nitrogens is 1. The van der Waals surface area contributed by atoms with Crippen molar-refractivity contribution >= 4 is 5.69 Å². The fraction of sp³-hybridized carbons (Fsp3) is 0. The summed E-state index contributed by atoms with van der Waals surface area (Å²) in [6.45, 7) is 0. The van der Waals surface area contributed by atoms with E-state index in [1.54, 1.807) is 6.07 Å². The Morgan fingerprint density at radius 2 is 2.15 bits per heavy atom. The molecule has 0 radical (unpaired) electrons. The maximum atomic E-state index is 12.9. The Kier molecular flexibility index (Phi) is 1.73. The van der Waals surface area contributed by atoms with E-state index in [9.17, 15) is 4.39 Å². The van der Waals surface area contributed by atoms with Gasteiger partial charge in [0.05, 0.1) is 6.20 Å². The second kappa shape index (κ2) is 2.90. The Morgan fingerprint density at radius 3 is 2.77 bits per heavy atom. The van der Waals surface area contributed by atoms with E-state index in [-0.39, 0.29) is 0 Å². The molecule has 0 fully saturated rings. The van der Waals surface area contributed by atoms with Gasteiger partial charge in [-0.1, -0.05) is 0 Å². The summed E-state index contributed by atoms with van der Waals surface area (Å²) in [7, 11) is 0. The van der Waals surface area contributed by atoms with Gasteiger partial charge in [-0.3, -0.25) is 0 Å².